The molecule has 3 nitrogen and oxygen atoms in total. The Morgan fingerprint density at radius 2 is 2.04 bits per heavy atom. The Labute approximate surface area is 164 Å². The molecular weight excluding hydrogens is 416 g/mol. The Morgan fingerprint density at radius 1 is 1.24 bits per heavy atom. The summed E-state index contributed by atoms with van der Waals surface area (Å²) in [5.41, 5.74) is 4.01. The zero-order chi connectivity index (χ0) is 17.6. The number of halogens is 1. The summed E-state index contributed by atoms with van der Waals surface area (Å²) in [4.78, 5) is 16.7. The van der Waals surface area contributed by atoms with Crippen LogP contribution in [0, 0.1) is 6.92 Å². The maximum atomic E-state index is 12.2. The minimum absolute atomic E-state index is 0.0413. The predicted octanol–water partition coefficient (Wildman–Crippen LogP) is 5.69. The minimum atomic E-state index is -0.0413. The van der Waals surface area contributed by atoms with Gasteiger partial charge in [-0.05, 0) is 42.3 Å². The number of anilines is 1. The molecule has 0 spiro atoms. The summed E-state index contributed by atoms with van der Waals surface area (Å²) in [7, 11) is 0. The van der Waals surface area contributed by atoms with Gasteiger partial charge in [-0.25, -0.2) is 4.98 Å². The van der Waals surface area contributed by atoms with Crippen LogP contribution in [0.15, 0.2) is 62.7 Å². The van der Waals surface area contributed by atoms with E-state index in [1.165, 1.54) is 5.56 Å². The topological polar surface area (TPSA) is 42.0 Å². The number of nitrogens with one attached hydrogen (secondary N) is 1. The lowest BCUT2D eigenvalue weighted by molar-refractivity contribution is -0.115. The fourth-order valence-corrected chi connectivity index (χ4v) is 4.32. The molecule has 0 saturated carbocycles. The van der Waals surface area contributed by atoms with Gasteiger partial charge in [0.25, 0.3) is 0 Å². The number of rotatable bonds is 6. The zero-order valence-electron chi connectivity index (χ0n) is 13.7. The number of nitrogens with zero attached hydrogens (tertiary/aromatic N) is 1. The lowest BCUT2D eigenvalue weighted by Crippen LogP contribution is -2.14. The highest BCUT2D eigenvalue weighted by molar-refractivity contribution is 9.10. The molecular formula is C19H17BrN2OS2. The van der Waals surface area contributed by atoms with Gasteiger partial charge in [0, 0.05) is 21.3 Å². The summed E-state index contributed by atoms with van der Waals surface area (Å²) in [6, 6.07) is 16.1. The van der Waals surface area contributed by atoms with Crippen LogP contribution in [0.4, 0.5) is 5.69 Å². The number of aryl methyl sites for hydroxylation is 1. The number of benzene rings is 2. The fraction of sp³-hybridized carbons (Fsp3) is 0.158. The Bertz CT molecular complexity index is 862. The number of hydrogen-bond acceptors (Lipinski definition) is 4. The van der Waals surface area contributed by atoms with E-state index in [4.69, 9.17) is 0 Å². The van der Waals surface area contributed by atoms with Gasteiger partial charge in [-0.2, -0.15) is 0 Å². The van der Waals surface area contributed by atoms with E-state index in [0.717, 1.165) is 31.5 Å². The van der Waals surface area contributed by atoms with Gasteiger partial charge in [-0.15, -0.1) is 11.3 Å². The van der Waals surface area contributed by atoms with Crippen molar-refractivity contribution in [3.63, 3.8) is 0 Å². The molecule has 0 unspecified atom stereocenters. The van der Waals surface area contributed by atoms with Crippen LogP contribution in [0.5, 0.6) is 0 Å². The minimum Gasteiger partial charge on any atom is -0.326 e. The molecule has 25 heavy (non-hydrogen) atoms. The maximum absolute atomic E-state index is 12.2. The average molecular weight is 433 g/mol. The molecule has 1 N–H and O–H groups in total. The van der Waals surface area contributed by atoms with Gasteiger partial charge in [0.2, 0.25) is 5.91 Å². The molecule has 0 aliphatic rings. The normalized spacial score (nSPS) is 10.6. The van der Waals surface area contributed by atoms with Crippen LogP contribution in [0.3, 0.4) is 0 Å². The molecule has 0 radical (unpaired) electrons. The summed E-state index contributed by atoms with van der Waals surface area (Å²) in [5.74, 6) is 0.829. The van der Waals surface area contributed by atoms with E-state index in [2.05, 4.69) is 38.4 Å². The zero-order valence-corrected chi connectivity index (χ0v) is 16.9. The Balaban J connectivity index is 1.52. The predicted molar refractivity (Wildman–Crippen MR) is 109 cm³/mol. The van der Waals surface area contributed by atoms with Crippen molar-refractivity contribution in [2.45, 2.75) is 23.4 Å². The smallest absolute Gasteiger partial charge is 0.230 e. The van der Waals surface area contributed by atoms with E-state index >= 15 is 0 Å². The largest absolute Gasteiger partial charge is 0.326 e. The first-order valence-corrected chi connectivity index (χ1v) is 10.4. The van der Waals surface area contributed by atoms with Crippen molar-refractivity contribution < 1.29 is 4.79 Å². The van der Waals surface area contributed by atoms with Gasteiger partial charge < -0.3 is 5.32 Å². The van der Waals surface area contributed by atoms with E-state index in [1.54, 1.807) is 23.1 Å². The molecule has 6 heteroatoms. The fourth-order valence-electron chi connectivity index (χ4n) is 2.25. The number of aromatic nitrogens is 1. The van der Waals surface area contributed by atoms with Crippen LogP contribution in [0.2, 0.25) is 0 Å². The summed E-state index contributed by atoms with van der Waals surface area (Å²) in [6.07, 6.45) is 0.295. The summed E-state index contributed by atoms with van der Waals surface area (Å²) in [6.45, 7) is 2.00. The van der Waals surface area contributed by atoms with Gasteiger partial charge in [0.1, 0.15) is 4.34 Å². The van der Waals surface area contributed by atoms with Crippen LogP contribution in [0.1, 0.15) is 16.8 Å². The highest BCUT2D eigenvalue weighted by Crippen LogP contribution is 2.27. The Kier molecular flexibility index (Phi) is 6.29. The van der Waals surface area contributed by atoms with Crippen LogP contribution in [-0.2, 0) is 17.0 Å². The SMILES string of the molecule is Cc1cccc(NC(=O)Cc2csc(SCc3ccc(Br)cc3)n2)c1. The first-order chi connectivity index (χ1) is 12.1. The van der Waals surface area contributed by atoms with E-state index in [0.29, 0.717) is 6.42 Å². The van der Waals surface area contributed by atoms with Crippen LogP contribution in [0.25, 0.3) is 0 Å². The van der Waals surface area contributed by atoms with Gasteiger partial charge in [-0.3, -0.25) is 4.79 Å². The third-order valence-corrected chi connectivity index (χ3v) is 6.12. The summed E-state index contributed by atoms with van der Waals surface area (Å²) < 4.78 is 2.07. The van der Waals surface area contributed by atoms with Crippen molar-refractivity contribution in [3.8, 4) is 0 Å². The molecule has 128 valence electrons. The highest BCUT2D eigenvalue weighted by atomic mass is 79.9. The quantitative estimate of drug-likeness (QED) is 0.508. The number of thioether (sulfide) groups is 1. The van der Waals surface area contributed by atoms with Gasteiger partial charge in [0.05, 0.1) is 12.1 Å². The molecule has 3 aromatic rings. The highest BCUT2D eigenvalue weighted by Gasteiger charge is 2.09. The molecule has 0 atom stereocenters. The van der Waals surface area contributed by atoms with Crippen molar-refractivity contribution in [3.05, 3.63) is 75.2 Å². The maximum Gasteiger partial charge on any atom is 0.230 e. The number of carbonyl (C=O) groups is 1. The lowest BCUT2D eigenvalue weighted by Gasteiger charge is -2.04. The molecule has 1 amide bonds. The third kappa shape index (κ3) is 5.70. The van der Waals surface area contributed by atoms with Crippen LogP contribution >= 0.6 is 39.0 Å². The molecule has 1 aromatic heterocycles. The molecule has 3 rings (SSSR count). The molecule has 0 aliphatic carbocycles. The van der Waals surface area contributed by atoms with Crippen molar-refractivity contribution in [2.24, 2.45) is 0 Å². The molecule has 0 fully saturated rings. The third-order valence-electron chi connectivity index (χ3n) is 3.45. The van der Waals surface area contributed by atoms with Crippen molar-refractivity contribution >= 4 is 50.6 Å². The summed E-state index contributed by atoms with van der Waals surface area (Å²) in [5, 5.41) is 4.88. The van der Waals surface area contributed by atoms with Crippen molar-refractivity contribution in [2.75, 3.05) is 5.32 Å². The Hall–Kier alpha value is -1.63. The molecule has 0 saturated heterocycles. The Morgan fingerprint density at radius 3 is 2.80 bits per heavy atom. The van der Waals surface area contributed by atoms with Crippen molar-refractivity contribution in [1.29, 1.82) is 0 Å². The molecule has 0 aliphatic heterocycles. The lowest BCUT2D eigenvalue weighted by atomic mass is 10.2. The second-order valence-corrected chi connectivity index (χ2v) is 8.61. The number of thiazole rings is 1. The molecule has 2 aromatic carbocycles. The standard InChI is InChI=1S/C19H17BrN2OS2/c1-13-3-2-4-16(9-13)21-18(23)10-17-12-25-19(22-17)24-11-14-5-7-15(20)8-6-14/h2-9,12H,10-11H2,1H3,(H,21,23). The summed E-state index contributed by atoms with van der Waals surface area (Å²) >= 11 is 6.72. The monoisotopic (exact) mass is 432 g/mol. The van der Waals surface area contributed by atoms with Crippen LogP contribution < -0.4 is 5.32 Å². The first-order valence-electron chi connectivity index (χ1n) is 7.77. The van der Waals surface area contributed by atoms with Gasteiger partial charge >= 0.3 is 0 Å². The molecule has 1 heterocycles. The average Bonchev–Trinajstić information content (AvgIpc) is 3.01. The second-order valence-electron chi connectivity index (χ2n) is 5.61. The number of carbonyl (C=O) groups excluding carboxylic acids is 1. The van der Waals surface area contributed by atoms with Crippen LogP contribution in [-0.4, -0.2) is 10.9 Å². The van der Waals surface area contributed by atoms with E-state index in [9.17, 15) is 4.79 Å². The second kappa shape index (κ2) is 8.65. The van der Waals surface area contributed by atoms with Gasteiger partial charge in [-0.1, -0.05) is 52.0 Å². The number of amides is 1. The van der Waals surface area contributed by atoms with E-state index < -0.39 is 0 Å². The first kappa shape index (κ1) is 18.2. The van der Waals surface area contributed by atoms with E-state index in [1.807, 2.05) is 48.7 Å². The number of hydrogen-bond donors (Lipinski definition) is 1. The molecule has 0 bridgehead atoms. The van der Waals surface area contributed by atoms with E-state index in [-0.39, 0.29) is 5.91 Å². The van der Waals surface area contributed by atoms with Gasteiger partial charge in [0.15, 0.2) is 0 Å². The van der Waals surface area contributed by atoms with Crippen molar-refractivity contribution in [1.82, 2.24) is 4.98 Å².